The maximum Gasteiger partial charge on any atom is 0.420 e. The number of hydrogen-bond acceptors (Lipinski definition) is 2. The molecule has 0 spiro atoms. The first kappa shape index (κ1) is 14.1. The van der Waals surface area contributed by atoms with Gasteiger partial charge in [-0.25, -0.2) is 4.79 Å². The van der Waals surface area contributed by atoms with Crippen molar-refractivity contribution in [1.29, 1.82) is 0 Å². The summed E-state index contributed by atoms with van der Waals surface area (Å²) in [6.07, 6.45) is 7.14. The fourth-order valence-corrected chi connectivity index (χ4v) is 2.49. The molecule has 1 amide bonds. The van der Waals surface area contributed by atoms with Crippen molar-refractivity contribution < 1.29 is 9.53 Å². The van der Waals surface area contributed by atoms with Gasteiger partial charge >= 0.3 is 6.09 Å². The van der Waals surface area contributed by atoms with E-state index in [2.05, 4.69) is 0 Å². The van der Waals surface area contributed by atoms with Crippen molar-refractivity contribution in [2.24, 2.45) is 0 Å². The summed E-state index contributed by atoms with van der Waals surface area (Å²) in [5.41, 5.74) is 2.23. The minimum Gasteiger partial charge on any atom is -0.410 e. The second kappa shape index (κ2) is 6.31. The van der Waals surface area contributed by atoms with Crippen LogP contribution in [-0.4, -0.2) is 11.0 Å². The van der Waals surface area contributed by atoms with E-state index in [0.29, 0.717) is 5.75 Å². The third kappa shape index (κ3) is 2.93. The Hall–Kier alpha value is -2.81. The third-order valence-electron chi connectivity index (χ3n) is 3.62. The quantitative estimate of drug-likeness (QED) is 0.808. The molecule has 2 aromatic rings. The largest absolute Gasteiger partial charge is 0.420 e. The maximum atomic E-state index is 12.5. The Balaban J connectivity index is 1.85. The topological polar surface area (TPSA) is 29.5 Å². The lowest BCUT2D eigenvalue weighted by atomic mass is 9.99. The highest BCUT2D eigenvalue weighted by atomic mass is 16.6. The number of aryl methyl sites for hydroxylation is 1. The van der Waals surface area contributed by atoms with Crippen LogP contribution in [0.4, 0.5) is 4.79 Å². The van der Waals surface area contributed by atoms with Crippen LogP contribution in [0.5, 0.6) is 5.75 Å². The number of hydrogen-bond donors (Lipinski definition) is 0. The van der Waals surface area contributed by atoms with Gasteiger partial charge in [-0.1, -0.05) is 54.6 Å². The Morgan fingerprint density at radius 1 is 1.00 bits per heavy atom. The maximum absolute atomic E-state index is 12.5. The molecule has 0 saturated heterocycles. The Labute approximate surface area is 130 Å². The number of ether oxygens (including phenoxy) is 1. The van der Waals surface area contributed by atoms with Gasteiger partial charge in [-0.15, -0.1) is 0 Å². The molecule has 3 nitrogen and oxygen atoms in total. The van der Waals surface area contributed by atoms with Crippen LogP contribution in [-0.2, 0) is 0 Å². The van der Waals surface area contributed by atoms with Crippen LogP contribution in [0.3, 0.4) is 0 Å². The molecule has 1 heterocycles. The smallest absolute Gasteiger partial charge is 0.410 e. The SMILES string of the molecule is Cc1ccccc1C1C=CC=CN1C(=O)Oc1ccccc1. The van der Waals surface area contributed by atoms with Crippen molar-refractivity contribution in [1.82, 2.24) is 4.90 Å². The molecule has 1 atom stereocenters. The van der Waals surface area contributed by atoms with E-state index in [0.717, 1.165) is 11.1 Å². The van der Waals surface area contributed by atoms with Gasteiger partial charge in [0.1, 0.15) is 5.75 Å². The summed E-state index contributed by atoms with van der Waals surface area (Å²) >= 11 is 0. The number of para-hydroxylation sites is 1. The third-order valence-corrected chi connectivity index (χ3v) is 3.62. The van der Waals surface area contributed by atoms with Crippen molar-refractivity contribution in [3.05, 3.63) is 90.2 Å². The predicted molar refractivity (Wildman–Crippen MR) is 86.5 cm³/mol. The average molecular weight is 291 g/mol. The van der Waals surface area contributed by atoms with Gasteiger partial charge in [0.05, 0.1) is 6.04 Å². The molecule has 2 aromatic carbocycles. The van der Waals surface area contributed by atoms with E-state index < -0.39 is 0 Å². The van der Waals surface area contributed by atoms with Crippen molar-refractivity contribution in [2.45, 2.75) is 13.0 Å². The first-order chi connectivity index (χ1) is 10.8. The van der Waals surface area contributed by atoms with Crippen LogP contribution in [0.2, 0.25) is 0 Å². The van der Waals surface area contributed by atoms with E-state index >= 15 is 0 Å². The van der Waals surface area contributed by atoms with Gasteiger partial charge in [0.15, 0.2) is 0 Å². The van der Waals surface area contributed by atoms with Crippen molar-refractivity contribution >= 4 is 6.09 Å². The van der Waals surface area contributed by atoms with Gasteiger partial charge < -0.3 is 4.74 Å². The molecule has 0 saturated carbocycles. The van der Waals surface area contributed by atoms with Crippen LogP contribution >= 0.6 is 0 Å². The fourth-order valence-electron chi connectivity index (χ4n) is 2.49. The lowest BCUT2D eigenvalue weighted by Crippen LogP contribution is -2.33. The van der Waals surface area contributed by atoms with E-state index in [9.17, 15) is 4.79 Å². The summed E-state index contributed by atoms with van der Waals surface area (Å²) in [5, 5.41) is 0. The van der Waals surface area contributed by atoms with E-state index in [4.69, 9.17) is 4.74 Å². The summed E-state index contributed by atoms with van der Waals surface area (Å²) in [7, 11) is 0. The molecule has 1 aliphatic rings. The number of amides is 1. The van der Waals surface area contributed by atoms with Crippen LogP contribution in [0.15, 0.2) is 79.0 Å². The van der Waals surface area contributed by atoms with Gasteiger partial charge in [-0.3, -0.25) is 4.90 Å². The van der Waals surface area contributed by atoms with Crippen LogP contribution < -0.4 is 4.74 Å². The van der Waals surface area contributed by atoms with Crippen molar-refractivity contribution in [2.75, 3.05) is 0 Å². The fraction of sp³-hybridized carbons (Fsp3) is 0.105. The molecule has 1 aliphatic heterocycles. The minimum absolute atomic E-state index is 0.151. The van der Waals surface area contributed by atoms with E-state index in [1.54, 1.807) is 23.2 Å². The molecule has 22 heavy (non-hydrogen) atoms. The lowest BCUT2D eigenvalue weighted by Gasteiger charge is -2.29. The number of rotatable bonds is 2. The molecule has 0 bridgehead atoms. The zero-order chi connectivity index (χ0) is 15.4. The number of carbonyl (C=O) groups is 1. The van der Waals surface area contributed by atoms with E-state index in [1.807, 2.05) is 67.6 Å². The van der Waals surface area contributed by atoms with Crippen molar-refractivity contribution in [3.63, 3.8) is 0 Å². The predicted octanol–water partition coefficient (Wildman–Crippen LogP) is 4.62. The van der Waals surface area contributed by atoms with Gasteiger partial charge in [0.2, 0.25) is 0 Å². The molecule has 0 aromatic heterocycles. The van der Waals surface area contributed by atoms with E-state index in [-0.39, 0.29) is 12.1 Å². The molecular formula is C19H17NO2. The number of nitrogens with zero attached hydrogens (tertiary/aromatic N) is 1. The Kier molecular flexibility index (Phi) is 4.05. The molecule has 0 N–H and O–H groups in total. The van der Waals surface area contributed by atoms with Crippen molar-refractivity contribution in [3.8, 4) is 5.75 Å². The monoisotopic (exact) mass is 291 g/mol. The molecule has 0 radical (unpaired) electrons. The summed E-state index contributed by atoms with van der Waals surface area (Å²) in [5.74, 6) is 0.541. The van der Waals surface area contributed by atoms with Gasteiger partial charge in [0.25, 0.3) is 0 Å². The second-order valence-electron chi connectivity index (χ2n) is 5.12. The molecule has 1 unspecified atom stereocenters. The average Bonchev–Trinajstić information content (AvgIpc) is 2.56. The summed E-state index contributed by atoms with van der Waals surface area (Å²) in [6.45, 7) is 2.04. The second-order valence-corrected chi connectivity index (χ2v) is 5.12. The van der Waals surface area contributed by atoms with E-state index in [1.165, 1.54) is 0 Å². The molecule has 3 heteroatoms. The number of benzene rings is 2. The van der Waals surface area contributed by atoms with Gasteiger partial charge in [0, 0.05) is 6.20 Å². The first-order valence-electron chi connectivity index (χ1n) is 7.21. The summed E-state index contributed by atoms with van der Waals surface area (Å²) < 4.78 is 5.45. The zero-order valence-corrected chi connectivity index (χ0v) is 12.3. The Bertz CT molecular complexity index is 719. The first-order valence-corrected chi connectivity index (χ1v) is 7.21. The van der Waals surface area contributed by atoms with Crippen LogP contribution in [0.1, 0.15) is 17.2 Å². The van der Waals surface area contributed by atoms with Gasteiger partial charge in [-0.2, -0.15) is 0 Å². The highest BCUT2D eigenvalue weighted by Crippen LogP contribution is 2.28. The van der Waals surface area contributed by atoms with Crippen LogP contribution in [0.25, 0.3) is 0 Å². The molecule has 0 aliphatic carbocycles. The zero-order valence-electron chi connectivity index (χ0n) is 12.3. The summed E-state index contributed by atoms with van der Waals surface area (Å²) in [4.78, 5) is 14.1. The van der Waals surface area contributed by atoms with Gasteiger partial charge in [-0.05, 0) is 36.3 Å². The highest BCUT2D eigenvalue weighted by Gasteiger charge is 2.25. The molecule has 0 fully saturated rings. The Morgan fingerprint density at radius 3 is 2.50 bits per heavy atom. The molecule has 3 rings (SSSR count). The lowest BCUT2D eigenvalue weighted by molar-refractivity contribution is 0.161. The number of carbonyl (C=O) groups excluding carboxylic acids is 1. The summed E-state index contributed by atoms with van der Waals surface area (Å²) in [6, 6.07) is 17.0. The Morgan fingerprint density at radius 2 is 1.73 bits per heavy atom. The molecular weight excluding hydrogens is 274 g/mol. The molecule has 110 valence electrons. The minimum atomic E-state index is -0.389. The highest BCUT2D eigenvalue weighted by molar-refractivity contribution is 5.73. The number of allylic oxidation sites excluding steroid dienone is 2. The standard InChI is InChI=1S/C19H17NO2/c1-15-9-5-6-12-17(15)18-13-7-8-14-20(18)19(21)22-16-10-3-2-4-11-16/h2-14,18H,1H3. The van der Waals surface area contributed by atoms with Crippen LogP contribution in [0, 0.1) is 6.92 Å². The normalized spacial score (nSPS) is 16.6.